The SMILES string of the molecule is NCCNC(=O)C1CC(=O)N(c2ccc(Cl)cc2)C1. The van der Waals surface area contributed by atoms with Gasteiger partial charge in [0, 0.05) is 36.8 Å². The van der Waals surface area contributed by atoms with Gasteiger partial charge in [0.25, 0.3) is 0 Å². The largest absolute Gasteiger partial charge is 0.355 e. The van der Waals surface area contributed by atoms with Crippen LogP contribution in [0.25, 0.3) is 0 Å². The van der Waals surface area contributed by atoms with Gasteiger partial charge >= 0.3 is 0 Å². The minimum atomic E-state index is -0.310. The van der Waals surface area contributed by atoms with Gasteiger partial charge < -0.3 is 16.0 Å². The maximum absolute atomic E-state index is 11.9. The Balaban J connectivity index is 2.03. The van der Waals surface area contributed by atoms with E-state index in [4.69, 9.17) is 17.3 Å². The molecule has 1 heterocycles. The minimum absolute atomic E-state index is 0.0461. The third-order valence-electron chi connectivity index (χ3n) is 3.08. The number of hydrogen-bond acceptors (Lipinski definition) is 3. The summed E-state index contributed by atoms with van der Waals surface area (Å²) in [4.78, 5) is 25.4. The molecule has 1 aliphatic heterocycles. The predicted octanol–water partition coefficient (Wildman–Crippen LogP) is 0.768. The average molecular weight is 282 g/mol. The van der Waals surface area contributed by atoms with E-state index in [0.29, 0.717) is 24.7 Å². The summed E-state index contributed by atoms with van der Waals surface area (Å²) < 4.78 is 0. The van der Waals surface area contributed by atoms with E-state index in [2.05, 4.69) is 5.32 Å². The molecule has 0 radical (unpaired) electrons. The number of halogens is 1. The van der Waals surface area contributed by atoms with Crippen molar-refractivity contribution in [1.29, 1.82) is 0 Å². The molecule has 2 rings (SSSR count). The quantitative estimate of drug-likeness (QED) is 0.856. The van der Waals surface area contributed by atoms with Crippen LogP contribution in [0.3, 0.4) is 0 Å². The molecule has 19 heavy (non-hydrogen) atoms. The fraction of sp³-hybridized carbons (Fsp3) is 0.385. The first-order valence-corrected chi connectivity index (χ1v) is 6.53. The molecular formula is C13H16ClN3O2. The second kappa shape index (κ2) is 6.04. The molecule has 1 atom stereocenters. The van der Waals surface area contributed by atoms with Gasteiger partial charge in [-0.2, -0.15) is 0 Å². The molecule has 1 aromatic carbocycles. The van der Waals surface area contributed by atoms with E-state index in [0.717, 1.165) is 5.69 Å². The van der Waals surface area contributed by atoms with Crippen LogP contribution < -0.4 is 16.0 Å². The summed E-state index contributed by atoms with van der Waals surface area (Å²) in [6.45, 7) is 1.23. The van der Waals surface area contributed by atoms with E-state index >= 15 is 0 Å². The molecule has 3 N–H and O–H groups in total. The summed E-state index contributed by atoms with van der Waals surface area (Å²) in [5.74, 6) is -0.472. The Bertz CT molecular complexity index is 475. The summed E-state index contributed by atoms with van der Waals surface area (Å²) in [6.07, 6.45) is 0.235. The van der Waals surface area contributed by atoms with Gasteiger partial charge in [-0.1, -0.05) is 11.6 Å². The van der Waals surface area contributed by atoms with E-state index < -0.39 is 0 Å². The van der Waals surface area contributed by atoms with Crippen molar-refractivity contribution in [3.63, 3.8) is 0 Å². The lowest BCUT2D eigenvalue weighted by molar-refractivity contribution is -0.126. The van der Waals surface area contributed by atoms with Crippen LogP contribution in [0.4, 0.5) is 5.69 Å². The third-order valence-corrected chi connectivity index (χ3v) is 3.33. The van der Waals surface area contributed by atoms with E-state index in [1.54, 1.807) is 29.2 Å². The van der Waals surface area contributed by atoms with Crippen LogP contribution in [0.15, 0.2) is 24.3 Å². The Morgan fingerprint density at radius 3 is 2.74 bits per heavy atom. The number of amides is 2. The highest BCUT2D eigenvalue weighted by atomic mass is 35.5. The first kappa shape index (κ1) is 13.8. The number of nitrogens with two attached hydrogens (primary N) is 1. The van der Waals surface area contributed by atoms with Crippen LogP contribution in [0.2, 0.25) is 5.02 Å². The lowest BCUT2D eigenvalue weighted by atomic mass is 10.1. The topological polar surface area (TPSA) is 75.4 Å². The highest BCUT2D eigenvalue weighted by Crippen LogP contribution is 2.26. The van der Waals surface area contributed by atoms with Crippen LogP contribution in [0.5, 0.6) is 0 Å². The van der Waals surface area contributed by atoms with E-state index in [9.17, 15) is 9.59 Å². The smallest absolute Gasteiger partial charge is 0.227 e. The molecule has 0 saturated carbocycles. The lowest BCUT2D eigenvalue weighted by Gasteiger charge is -2.16. The Hall–Kier alpha value is -1.59. The number of carbonyl (C=O) groups is 2. The molecule has 0 aromatic heterocycles. The molecule has 5 nitrogen and oxygen atoms in total. The Morgan fingerprint density at radius 2 is 2.11 bits per heavy atom. The second-order valence-electron chi connectivity index (χ2n) is 4.46. The van der Waals surface area contributed by atoms with Crippen molar-refractivity contribution in [2.75, 3.05) is 24.5 Å². The molecule has 0 bridgehead atoms. The van der Waals surface area contributed by atoms with Gasteiger partial charge in [0.05, 0.1) is 5.92 Å². The summed E-state index contributed by atoms with van der Waals surface area (Å²) in [5.41, 5.74) is 6.10. The van der Waals surface area contributed by atoms with Crippen LogP contribution in [0, 0.1) is 5.92 Å². The standard InChI is InChI=1S/C13H16ClN3O2/c14-10-1-3-11(4-2-10)17-8-9(7-12(17)18)13(19)16-6-5-15/h1-4,9H,5-8,15H2,(H,16,19). The van der Waals surface area contributed by atoms with Gasteiger partial charge in [0.2, 0.25) is 11.8 Å². The van der Waals surface area contributed by atoms with E-state index in [1.165, 1.54) is 0 Å². The monoisotopic (exact) mass is 281 g/mol. The van der Waals surface area contributed by atoms with Crippen molar-refractivity contribution >= 4 is 29.1 Å². The number of rotatable bonds is 4. The average Bonchev–Trinajstić information content (AvgIpc) is 2.79. The Labute approximate surface area is 116 Å². The molecular weight excluding hydrogens is 266 g/mol. The molecule has 0 aliphatic carbocycles. The van der Waals surface area contributed by atoms with Gasteiger partial charge in [0.15, 0.2) is 0 Å². The molecule has 0 spiro atoms. The maximum atomic E-state index is 11.9. The zero-order valence-corrected chi connectivity index (χ0v) is 11.2. The van der Waals surface area contributed by atoms with Crippen molar-refractivity contribution in [3.8, 4) is 0 Å². The van der Waals surface area contributed by atoms with Crippen LogP contribution >= 0.6 is 11.6 Å². The number of hydrogen-bond donors (Lipinski definition) is 2. The zero-order chi connectivity index (χ0) is 13.8. The van der Waals surface area contributed by atoms with Gasteiger partial charge in [0.1, 0.15) is 0 Å². The summed E-state index contributed by atoms with van der Waals surface area (Å²) in [7, 11) is 0. The van der Waals surface area contributed by atoms with Crippen LogP contribution in [-0.2, 0) is 9.59 Å². The van der Waals surface area contributed by atoms with Crippen molar-refractivity contribution in [1.82, 2.24) is 5.32 Å². The second-order valence-corrected chi connectivity index (χ2v) is 4.90. The van der Waals surface area contributed by atoms with Crippen LogP contribution in [-0.4, -0.2) is 31.4 Å². The highest BCUT2D eigenvalue weighted by molar-refractivity contribution is 6.30. The van der Waals surface area contributed by atoms with Gasteiger partial charge in [-0.15, -0.1) is 0 Å². The fourth-order valence-electron chi connectivity index (χ4n) is 2.09. The molecule has 102 valence electrons. The van der Waals surface area contributed by atoms with Crippen molar-refractivity contribution in [3.05, 3.63) is 29.3 Å². The van der Waals surface area contributed by atoms with Gasteiger partial charge in [-0.25, -0.2) is 0 Å². The summed E-state index contributed by atoms with van der Waals surface area (Å²) in [5, 5.41) is 3.33. The first-order valence-electron chi connectivity index (χ1n) is 6.15. The normalized spacial score (nSPS) is 18.7. The van der Waals surface area contributed by atoms with Crippen molar-refractivity contribution < 1.29 is 9.59 Å². The fourth-order valence-corrected chi connectivity index (χ4v) is 2.22. The molecule has 1 fully saturated rings. The molecule has 2 amide bonds. The number of nitrogens with one attached hydrogen (secondary N) is 1. The third kappa shape index (κ3) is 3.24. The molecule has 6 heteroatoms. The maximum Gasteiger partial charge on any atom is 0.227 e. The molecule has 1 saturated heterocycles. The number of anilines is 1. The van der Waals surface area contributed by atoms with Gasteiger partial charge in [-0.3, -0.25) is 9.59 Å². The first-order chi connectivity index (χ1) is 9.11. The van der Waals surface area contributed by atoms with Crippen LogP contribution in [0.1, 0.15) is 6.42 Å². The lowest BCUT2D eigenvalue weighted by Crippen LogP contribution is -2.35. The summed E-state index contributed by atoms with van der Waals surface area (Å²) in [6, 6.07) is 7.01. The summed E-state index contributed by atoms with van der Waals surface area (Å²) >= 11 is 5.81. The minimum Gasteiger partial charge on any atom is -0.355 e. The van der Waals surface area contributed by atoms with Crippen molar-refractivity contribution in [2.24, 2.45) is 11.7 Å². The van der Waals surface area contributed by atoms with Crippen molar-refractivity contribution in [2.45, 2.75) is 6.42 Å². The van der Waals surface area contributed by atoms with Gasteiger partial charge in [-0.05, 0) is 24.3 Å². The molecule has 1 aliphatic rings. The number of carbonyl (C=O) groups excluding carboxylic acids is 2. The Kier molecular flexibility index (Phi) is 4.39. The Morgan fingerprint density at radius 1 is 1.42 bits per heavy atom. The highest BCUT2D eigenvalue weighted by Gasteiger charge is 2.34. The van der Waals surface area contributed by atoms with E-state index in [-0.39, 0.29) is 24.2 Å². The van der Waals surface area contributed by atoms with E-state index in [1.807, 2.05) is 0 Å². The number of nitrogens with zero attached hydrogens (tertiary/aromatic N) is 1. The number of benzene rings is 1. The molecule has 1 unspecified atom stereocenters. The predicted molar refractivity (Wildman–Crippen MR) is 74.0 cm³/mol. The molecule has 1 aromatic rings. The zero-order valence-electron chi connectivity index (χ0n) is 10.4.